The summed E-state index contributed by atoms with van der Waals surface area (Å²) >= 11 is 0. The first kappa shape index (κ1) is 16.8. The minimum atomic E-state index is -0.0570. The zero-order valence-electron chi connectivity index (χ0n) is 15.0. The summed E-state index contributed by atoms with van der Waals surface area (Å²) < 4.78 is 10.6. The second-order valence-electron chi connectivity index (χ2n) is 7.00. The highest BCUT2D eigenvalue weighted by Crippen LogP contribution is 2.31. The van der Waals surface area contributed by atoms with E-state index in [0.717, 1.165) is 18.6 Å². The molecule has 0 aromatic carbocycles. The Morgan fingerprint density at radius 2 is 2.15 bits per heavy atom. The fourth-order valence-electron chi connectivity index (χ4n) is 3.67. The molecule has 0 radical (unpaired) electrons. The molecule has 1 atom stereocenters. The molecule has 0 aliphatic carbocycles. The van der Waals surface area contributed by atoms with E-state index >= 15 is 0 Å². The van der Waals surface area contributed by atoms with Crippen molar-refractivity contribution >= 4 is 11.8 Å². The van der Waals surface area contributed by atoms with Crippen LogP contribution in [0.4, 0.5) is 0 Å². The van der Waals surface area contributed by atoms with Crippen molar-refractivity contribution in [1.82, 2.24) is 19.9 Å². The van der Waals surface area contributed by atoms with E-state index in [1.165, 1.54) is 0 Å². The summed E-state index contributed by atoms with van der Waals surface area (Å²) in [6.07, 6.45) is 3.63. The molecule has 138 valence electrons. The van der Waals surface area contributed by atoms with Gasteiger partial charge in [0.15, 0.2) is 5.82 Å². The lowest BCUT2D eigenvalue weighted by Crippen LogP contribution is -2.61. The number of amides is 2. The van der Waals surface area contributed by atoms with Crippen LogP contribution in [0.1, 0.15) is 53.5 Å². The topological polar surface area (TPSA) is 92.7 Å². The van der Waals surface area contributed by atoms with Crippen LogP contribution in [0.2, 0.25) is 0 Å². The maximum absolute atomic E-state index is 12.6. The van der Waals surface area contributed by atoms with Gasteiger partial charge in [-0.05, 0) is 19.4 Å². The van der Waals surface area contributed by atoms with E-state index in [2.05, 4.69) is 17.1 Å². The molecule has 0 N–H and O–H groups in total. The van der Waals surface area contributed by atoms with Gasteiger partial charge in [0, 0.05) is 32.5 Å². The van der Waals surface area contributed by atoms with Crippen LogP contribution in [-0.4, -0.2) is 57.4 Å². The molecule has 4 rings (SSSR count). The number of carbonyl (C=O) groups is 2. The van der Waals surface area contributed by atoms with Gasteiger partial charge in [0.1, 0.15) is 5.76 Å². The van der Waals surface area contributed by atoms with Crippen LogP contribution in [-0.2, 0) is 11.2 Å². The first-order chi connectivity index (χ1) is 12.6. The number of likely N-dealkylation sites (tertiary alicyclic amines) is 2. The first-order valence-corrected chi connectivity index (χ1v) is 9.02. The van der Waals surface area contributed by atoms with Gasteiger partial charge in [0.2, 0.25) is 11.8 Å². The summed E-state index contributed by atoms with van der Waals surface area (Å²) in [4.78, 5) is 32.9. The van der Waals surface area contributed by atoms with E-state index in [-0.39, 0.29) is 23.8 Å². The standard InChI is InChI=1S/C18H22N4O4/c1-3-4-15-14(5-6-25-15)18(24)21-9-13(10-21)22-8-12(7-16(22)23)17-19-11(2)20-26-17/h5-6,12-13H,3-4,7-10H2,1-2H3. The average Bonchev–Trinajstić information content (AvgIpc) is 3.27. The van der Waals surface area contributed by atoms with Gasteiger partial charge >= 0.3 is 0 Å². The SMILES string of the molecule is CCCc1occc1C(=O)N1CC(N2CC(c3nc(C)no3)CC2=O)C1. The highest BCUT2D eigenvalue weighted by molar-refractivity contribution is 5.96. The normalized spacial score (nSPS) is 20.7. The molecule has 8 nitrogen and oxygen atoms in total. The van der Waals surface area contributed by atoms with E-state index in [1.807, 2.05) is 4.90 Å². The maximum Gasteiger partial charge on any atom is 0.257 e. The molecule has 2 fully saturated rings. The van der Waals surface area contributed by atoms with Crippen molar-refractivity contribution in [3.05, 3.63) is 35.4 Å². The van der Waals surface area contributed by atoms with E-state index in [4.69, 9.17) is 8.94 Å². The van der Waals surface area contributed by atoms with Gasteiger partial charge in [-0.2, -0.15) is 4.98 Å². The van der Waals surface area contributed by atoms with Crippen LogP contribution < -0.4 is 0 Å². The number of rotatable bonds is 5. The molecule has 2 aromatic heterocycles. The van der Waals surface area contributed by atoms with Crippen LogP contribution in [0.25, 0.3) is 0 Å². The molecule has 2 amide bonds. The third-order valence-corrected chi connectivity index (χ3v) is 5.09. The number of furan rings is 1. The summed E-state index contributed by atoms with van der Waals surface area (Å²) in [6, 6.07) is 1.79. The van der Waals surface area contributed by atoms with Crippen molar-refractivity contribution in [3.63, 3.8) is 0 Å². The van der Waals surface area contributed by atoms with Crippen molar-refractivity contribution in [3.8, 4) is 0 Å². The number of hydrogen-bond donors (Lipinski definition) is 0. The molecule has 2 saturated heterocycles. The largest absolute Gasteiger partial charge is 0.469 e. The molecule has 2 aliphatic rings. The molecule has 0 spiro atoms. The van der Waals surface area contributed by atoms with E-state index in [1.54, 1.807) is 24.2 Å². The van der Waals surface area contributed by atoms with Crippen molar-refractivity contribution in [2.75, 3.05) is 19.6 Å². The Balaban J connectivity index is 1.36. The molecule has 2 aliphatic heterocycles. The third-order valence-electron chi connectivity index (χ3n) is 5.09. The molecule has 0 bridgehead atoms. The molecule has 8 heteroatoms. The lowest BCUT2D eigenvalue weighted by Gasteiger charge is -2.44. The van der Waals surface area contributed by atoms with Gasteiger partial charge in [0.05, 0.1) is 23.8 Å². The van der Waals surface area contributed by atoms with Crippen molar-refractivity contribution in [1.29, 1.82) is 0 Å². The summed E-state index contributed by atoms with van der Waals surface area (Å²) in [5, 5.41) is 3.80. The van der Waals surface area contributed by atoms with Crippen molar-refractivity contribution in [2.24, 2.45) is 0 Å². The molecule has 0 saturated carbocycles. The molecular formula is C18H22N4O4. The van der Waals surface area contributed by atoms with Gasteiger partial charge in [-0.1, -0.05) is 12.1 Å². The third kappa shape index (κ3) is 2.89. The van der Waals surface area contributed by atoms with E-state index in [9.17, 15) is 9.59 Å². The van der Waals surface area contributed by atoms with Crippen LogP contribution in [0.5, 0.6) is 0 Å². The minimum Gasteiger partial charge on any atom is -0.469 e. The minimum absolute atomic E-state index is 0.0193. The van der Waals surface area contributed by atoms with Gasteiger partial charge < -0.3 is 18.7 Å². The Hall–Kier alpha value is -2.64. The summed E-state index contributed by atoms with van der Waals surface area (Å²) in [7, 11) is 0. The van der Waals surface area contributed by atoms with E-state index in [0.29, 0.717) is 43.3 Å². The first-order valence-electron chi connectivity index (χ1n) is 9.02. The van der Waals surface area contributed by atoms with Gasteiger partial charge in [-0.25, -0.2) is 0 Å². The Morgan fingerprint density at radius 3 is 2.85 bits per heavy atom. The lowest BCUT2D eigenvalue weighted by molar-refractivity contribution is -0.132. The van der Waals surface area contributed by atoms with Crippen LogP contribution in [0.3, 0.4) is 0 Å². The zero-order valence-corrected chi connectivity index (χ0v) is 15.0. The monoisotopic (exact) mass is 358 g/mol. The molecule has 2 aromatic rings. The number of hydrogen-bond acceptors (Lipinski definition) is 6. The number of carbonyl (C=O) groups excluding carboxylic acids is 2. The van der Waals surface area contributed by atoms with Crippen molar-refractivity contribution in [2.45, 2.75) is 45.1 Å². The highest BCUT2D eigenvalue weighted by atomic mass is 16.5. The summed E-state index contributed by atoms with van der Waals surface area (Å²) in [5.74, 6) is 1.85. The highest BCUT2D eigenvalue weighted by Gasteiger charge is 2.43. The Labute approximate surface area is 151 Å². The fraction of sp³-hybridized carbons (Fsp3) is 0.556. The van der Waals surface area contributed by atoms with Crippen LogP contribution in [0, 0.1) is 6.92 Å². The second kappa shape index (κ2) is 6.59. The second-order valence-corrected chi connectivity index (χ2v) is 7.00. The van der Waals surface area contributed by atoms with Gasteiger partial charge in [-0.3, -0.25) is 9.59 Å². The van der Waals surface area contributed by atoms with Crippen molar-refractivity contribution < 1.29 is 18.5 Å². The molecule has 4 heterocycles. The van der Waals surface area contributed by atoms with Gasteiger partial charge in [-0.15, -0.1) is 0 Å². The quantitative estimate of drug-likeness (QED) is 0.809. The summed E-state index contributed by atoms with van der Waals surface area (Å²) in [6.45, 7) is 5.49. The number of aryl methyl sites for hydroxylation is 2. The maximum atomic E-state index is 12.6. The lowest BCUT2D eigenvalue weighted by atomic mass is 10.0. The Bertz CT molecular complexity index is 821. The molecule has 26 heavy (non-hydrogen) atoms. The molecule has 1 unspecified atom stereocenters. The molecular weight excluding hydrogens is 336 g/mol. The fourth-order valence-corrected chi connectivity index (χ4v) is 3.67. The summed E-state index contributed by atoms with van der Waals surface area (Å²) in [5.41, 5.74) is 0.636. The number of nitrogens with zero attached hydrogens (tertiary/aromatic N) is 4. The van der Waals surface area contributed by atoms with Crippen LogP contribution in [0.15, 0.2) is 21.3 Å². The zero-order chi connectivity index (χ0) is 18.3. The number of aromatic nitrogens is 2. The van der Waals surface area contributed by atoms with E-state index < -0.39 is 0 Å². The average molecular weight is 358 g/mol. The van der Waals surface area contributed by atoms with Gasteiger partial charge in [0.25, 0.3) is 5.91 Å². The smallest absolute Gasteiger partial charge is 0.257 e. The Morgan fingerprint density at radius 1 is 1.35 bits per heavy atom. The predicted molar refractivity (Wildman–Crippen MR) is 90.5 cm³/mol. The predicted octanol–water partition coefficient (Wildman–Crippen LogP) is 1.76. The Kier molecular flexibility index (Phi) is 4.26. The van der Waals surface area contributed by atoms with Crippen LogP contribution >= 0.6 is 0 Å².